The number of hydrogen-bond acceptors (Lipinski definition) is 4. The fourth-order valence-electron chi connectivity index (χ4n) is 1.93. The Morgan fingerprint density at radius 2 is 1.69 bits per heavy atom. The minimum Gasteiger partial charge on any atom is -1.00 e. The largest absolute Gasteiger partial charge is 2.00 e. The van der Waals surface area contributed by atoms with Crippen molar-refractivity contribution in [2.75, 3.05) is 0 Å². The quantitative estimate of drug-likeness (QED) is 0.217. The number of rotatable bonds is 3. The van der Waals surface area contributed by atoms with Gasteiger partial charge in [-0.05, 0) is 70.0 Å². The molecule has 1 unspecified atom stereocenters. The van der Waals surface area contributed by atoms with Crippen LogP contribution >= 0.6 is 45.2 Å². The number of nitrogens with zero attached hydrogens (tertiary/aromatic N) is 4. The van der Waals surface area contributed by atoms with Gasteiger partial charge in [-0.1, -0.05) is 0 Å². The molecule has 0 aromatic carbocycles. The molecule has 6 nitrogen and oxygen atoms in total. The molecule has 2 aromatic rings. The van der Waals surface area contributed by atoms with E-state index in [1.54, 1.807) is 22.5 Å². The topological polar surface area (TPSA) is 72.9 Å². The maximum absolute atomic E-state index is 10.2. The van der Waals surface area contributed by atoms with Gasteiger partial charge in [-0.15, -0.1) is 0 Å². The zero-order valence-corrected chi connectivity index (χ0v) is 22.1. The van der Waals surface area contributed by atoms with E-state index in [0.29, 0.717) is 11.6 Å². The third kappa shape index (κ3) is 9.30. The van der Waals surface area contributed by atoms with Crippen molar-refractivity contribution in [2.24, 2.45) is 20.0 Å². The van der Waals surface area contributed by atoms with E-state index >= 15 is 0 Å². The van der Waals surface area contributed by atoms with Gasteiger partial charge in [0.1, 0.15) is 13.1 Å². The fraction of sp³-hybridized carbons (Fsp3) is 0.500. The van der Waals surface area contributed by atoms with Crippen LogP contribution in [0.2, 0.25) is 0 Å². The first-order valence-corrected chi connectivity index (χ1v) is 9.92. The third-order valence-electron chi connectivity index (χ3n) is 3.55. The Morgan fingerprint density at radius 3 is 1.96 bits per heavy atom. The smallest absolute Gasteiger partial charge is 1.00 e. The molecule has 2 aromatic heterocycles. The summed E-state index contributed by atoms with van der Waals surface area (Å²) in [5.74, 6) is 0.483. The molecule has 2 heterocycles. The Labute approximate surface area is 208 Å². The van der Waals surface area contributed by atoms with Crippen LogP contribution in [-0.2, 0) is 14.1 Å². The molecule has 2 aliphatic rings. The van der Waals surface area contributed by atoms with Gasteiger partial charge in [0, 0.05) is 20.2 Å². The summed E-state index contributed by atoms with van der Waals surface area (Å²) in [6, 6.07) is 3.68. The Hall–Kier alpha value is 0.756. The van der Waals surface area contributed by atoms with Crippen molar-refractivity contribution >= 4 is 74.5 Å². The Morgan fingerprint density at radius 1 is 1.19 bits per heavy atom. The molecular formula is C16H21BrI2MgN4O2. The molecule has 0 aliphatic heterocycles. The van der Waals surface area contributed by atoms with Crippen LogP contribution < -0.4 is 17.0 Å². The van der Waals surface area contributed by atoms with Crippen LogP contribution in [0.5, 0.6) is 0 Å². The molecule has 0 spiro atoms. The van der Waals surface area contributed by atoms with Gasteiger partial charge in [-0.25, -0.2) is 12.8 Å². The van der Waals surface area contributed by atoms with Gasteiger partial charge in [0.05, 0.1) is 11.8 Å². The van der Waals surface area contributed by atoms with E-state index in [0.717, 1.165) is 32.2 Å². The summed E-state index contributed by atoms with van der Waals surface area (Å²) in [7, 11) is 3.62. The fourth-order valence-corrected chi connectivity index (χ4v) is 3.22. The van der Waals surface area contributed by atoms with Crippen molar-refractivity contribution in [3.05, 3.63) is 37.3 Å². The second kappa shape index (κ2) is 13.1. The molecule has 1 atom stereocenters. The summed E-state index contributed by atoms with van der Waals surface area (Å²) < 4.78 is 5.11. The number of hydrogen-bond donors (Lipinski definition) is 1. The Bertz CT molecular complexity index is 687. The van der Waals surface area contributed by atoms with Crippen LogP contribution in [0.3, 0.4) is 0 Å². The molecule has 2 fully saturated rings. The van der Waals surface area contributed by atoms with Crippen molar-refractivity contribution in [3.63, 3.8) is 0 Å². The van der Waals surface area contributed by atoms with Crippen LogP contribution in [0, 0.1) is 19.7 Å². The number of aliphatic hydroxyl groups excluding tert-OH is 1. The van der Waals surface area contributed by atoms with Crippen molar-refractivity contribution in [1.82, 2.24) is 19.6 Å². The number of aromatic nitrogens is 4. The number of carbonyl (C=O) groups excluding carboxylic acids is 1. The molecule has 26 heavy (non-hydrogen) atoms. The minimum atomic E-state index is -0.300. The van der Waals surface area contributed by atoms with Gasteiger partial charge in [-0.3, -0.25) is 14.2 Å². The zero-order chi connectivity index (χ0) is 17.7. The molecule has 4 rings (SSSR count). The van der Waals surface area contributed by atoms with E-state index in [1.807, 2.05) is 13.1 Å². The summed E-state index contributed by atoms with van der Waals surface area (Å²) in [5, 5.41) is 17.9. The first-order chi connectivity index (χ1) is 11.4. The molecule has 10 heteroatoms. The molecule has 0 saturated heterocycles. The molecule has 1 N–H and O–H groups in total. The summed E-state index contributed by atoms with van der Waals surface area (Å²) in [5.41, 5.74) is 1.56. The number of aliphatic hydroxyl groups is 1. The second-order valence-corrected chi connectivity index (χ2v) is 8.01. The van der Waals surface area contributed by atoms with Crippen LogP contribution in [0.1, 0.15) is 48.0 Å². The van der Waals surface area contributed by atoms with E-state index in [1.165, 1.54) is 12.8 Å². The van der Waals surface area contributed by atoms with E-state index < -0.39 is 0 Å². The second-order valence-electron chi connectivity index (χ2n) is 5.80. The molecular weight excluding hydrogens is 638 g/mol. The number of halogens is 3. The Balaban J connectivity index is 0.000000397. The van der Waals surface area contributed by atoms with E-state index in [9.17, 15) is 9.90 Å². The number of carbonyl (C=O) groups is 1. The molecule has 0 amide bonds. The molecule has 2 saturated carbocycles. The van der Waals surface area contributed by atoms with Gasteiger partial charge in [0.2, 0.25) is 0 Å². The summed E-state index contributed by atoms with van der Waals surface area (Å²) in [4.78, 5) is 10.2. The third-order valence-corrected chi connectivity index (χ3v) is 4.61. The molecule has 0 bridgehead atoms. The average Bonchev–Trinajstić information content (AvgIpc) is 3.43. The standard InChI is InChI=1S/C8H11IN2O.C5H5IN2O.C3H5.BrH.Mg/c1-11-6(4-7(9)10-11)8(12)5-2-3-5;1-8-4(3-9)2-5(6)7-8;1-2-3-1;;/h4-5,8,12H,2-3H2,1H3;2-3H,1H3;1H,2-3H2;1H;/q;;-1;;+2/p-1. The van der Waals surface area contributed by atoms with Crippen molar-refractivity contribution in [2.45, 2.75) is 31.8 Å². The van der Waals surface area contributed by atoms with E-state index in [-0.39, 0.29) is 46.1 Å². The normalized spacial score (nSPS) is 15.1. The van der Waals surface area contributed by atoms with Crippen LogP contribution in [0.25, 0.3) is 0 Å². The SMILES string of the molecule is Cn1nc(I)cc1C(O)C1CC1.Cn1nc(I)cc1C=O.[Br-].[CH-]1CC1.[Mg+2]. The van der Waals surface area contributed by atoms with Crippen LogP contribution in [0.15, 0.2) is 12.1 Å². The van der Waals surface area contributed by atoms with Crippen molar-refractivity contribution in [3.8, 4) is 0 Å². The van der Waals surface area contributed by atoms with Gasteiger partial charge >= 0.3 is 23.1 Å². The predicted octanol–water partition coefficient (Wildman–Crippen LogP) is -0.0870. The minimum absolute atomic E-state index is 0. The van der Waals surface area contributed by atoms with Crippen LogP contribution in [0.4, 0.5) is 0 Å². The van der Waals surface area contributed by atoms with Crippen molar-refractivity contribution in [1.29, 1.82) is 0 Å². The summed E-state index contributed by atoms with van der Waals surface area (Å²) >= 11 is 4.22. The average molecular weight is 659 g/mol. The predicted molar refractivity (Wildman–Crippen MR) is 114 cm³/mol. The maximum Gasteiger partial charge on any atom is 2.00 e. The first kappa shape index (κ1) is 26.8. The van der Waals surface area contributed by atoms with Gasteiger partial charge < -0.3 is 28.5 Å². The number of aldehydes is 1. The molecule has 140 valence electrons. The van der Waals surface area contributed by atoms with Gasteiger partial charge in [0.15, 0.2) is 6.29 Å². The van der Waals surface area contributed by atoms with Crippen LogP contribution in [-0.4, -0.2) is 54.0 Å². The van der Waals surface area contributed by atoms with Crippen molar-refractivity contribution < 1.29 is 26.9 Å². The van der Waals surface area contributed by atoms with E-state index in [4.69, 9.17) is 0 Å². The first-order valence-electron chi connectivity index (χ1n) is 7.76. The van der Waals surface area contributed by atoms with Gasteiger partial charge in [0.25, 0.3) is 0 Å². The summed E-state index contributed by atoms with van der Waals surface area (Å²) in [6.07, 6.45) is 7.80. The zero-order valence-electron chi connectivity index (χ0n) is 14.8. The Kier molecular flexibility index (Phi) is 13.4. The monoisotopic (exact) mass is 658 g/mol. The molecule has 0 radical (unpaired) electrons. The maximum atomic E-state index is 10.2. The van der Waals surface area contributed by atoms with Gasteiger partial charge in [-0.2, -0.15) is 10.2 Å². The van der Waals surface area contributed by atoms with E-state index in [2.05, 4.69) is 61.8 Å². The number of aryl methyl sites for hydroxylation is 2. The summed E-state index contributed by atoms with van der Waals surface area (Å²) in [6.45, 7) is 0. The molecule has 2 aliphatic carbocycles.